The summed E-state index contributed by atoms with van der Waals surface area (Å²) in [5.74, 6) is 1.34. The van der Waals surface area contributed by atoms with E-state index in [0.717, 1.165) is 15.8 Å². The first-order valence-corrected chi connectivity index (χ1v) is 5.12. The van der Waals surface area contributed by atoms with E-state index in [1.165, 1.54) is 0 Å². The van der Waals surface area contributed by atoms with Gasteiger partial charge in [-0.2, -0.15) is 0 Å². The summed E-state index contributed by atoms with van der Waals surface area (Å²) in [5, 5.41) is 0. The zero-order valence-corrected chi connectivity index (χ0v) is 9.84. The highest BCUT2D eigenvalue weighted by atomic mass is 79.9. The minimum absolute atomic E-state index is 0.552. The van der Waals surface area contributed by atoms with E-state index in [-0.39, 0.29) is 0 Å². The van der Waals surface area contributed by atoms with Gasteiger partial charge in [-0.1, -0.05) is 0 Å². The molecule has 0 atom stereocenters. The fourth-order valence-electron chi connectivity index (χ4n) is 1.09. The van der Waals surface area contributed by atoms with Crippen molar-refractivity contribution in [2.45, 2.75) is 6.92 Å². The third-order valence-electron chi connectivity index (χ3n) is 1.78. The van der Waals surface area contributed by atoms with E-state index in [1.807, 2.05) is 25.1 Å². The third kappa shape index (κ3) is 2.48. The van der Waals surface area contributed by atoms with Crippen LogP contribution in [0.3, 0.4) is 0 Å². The van der Waals surface area contributed by atoms with Crippen LogP contribution in [0, 0.1) is 0 Å². The Morgan fingerprint density at radius 2 is 2.29 bits per heavy atom. The summed E-state index contributed by atoms with van der Waals surface area (Å²) >= 11 is 3.39. The lowest BCUT2D eigenvalue weighted by molar-refractivity contribution is 0.412. The second kappa shape index (κ2) is 5.00. The average molecular weight is 257 g/mol. The Morgan fingerprint density at radius 1 is 1.57 bits per heavy atom. The van der Waals surface area contributed by atoms with Crippen LogP contribution in [0.15, 0.2) is 27.7 Å². The fourth-order valence-corrected chi connectivity index (χ4v) is 1.63. The number of nitrogens with zero attached hydrogens (tertiary/aromatic N) is 1. The Bertz CT molecular complexity index is 350. The average Bonchev–Trinajstić information content (AvgIpc) is 2.18. The minimum Gasteiger partial charge on any atom is -0.496 e. The summed E-state index contributed by atoms with van der Waals surface area (Å²) in [7, 11) is 1.63. The molecule has 1 aromatic rings. The van der Waals surface area contributed by atoms with Crippen LogP contribution in [0.4, 0.5) is 0 Å². The van der Waals surface area contributed by atoms with Crippen LogP contribution in [0.5, 0.6) is 5.75 Å². The van der Waals surface area contributed by atoms with Crippen LogP contribution in [0.2, 0.25) is 0 Å². The number of amidine groups is 1. The summed E-state index contributed by atoms with van der Waals surface area (Å²) in [6, 6.07) is 5.64. The number of benzene rings is 1. The van der Waals surface area contributed by atoms with Gasteiger partial charge in [0.2, 0.25) is 0 Å². The smallest absolute Gasteiger partial charge is 0.133 e. The van der Waals surface area contributed by atoms with E-state index in [4.69, 9.17) is 10.5 Å². The van der Waals surface area contributed by atoms with Gasteiger partial charge >= 0.3 is 0 Å². The van der Waals surface area contributed by atoms with Gasteiger partial charge in [-0.15, -0.1) is 0 Å². The molecule has 1 rings (SSSR count). The van der Waals surface area contributed by atoms with Crippen LogP contribution in [0.25, 0.3) is 0 Å². The van der Waals surface area contributed by atoms with Gasteiger partial charge in [0.1, 0.15) is 11.6 Å². The number of hydrogen-bond donors (Lipinski definition) is 1. The van der Waals surface area contributed by atoms with Crippen LogP contribution in [-0.2, 0) is 0 Å². The van der Waals surface area contributed by atoms with Gasteiger partial charge in [0.05, 0.1) is 11.6 Å². The van der Waals surface area contributed by atoms with Crippen molar-refractivity contribution in [3.8, 4) is 5.75 Å². The second-order valence-electron chi connectivity index (χ2n) is 2.71. The molecule has 0 fully saturated rings. The van der Waals surface area contributed by atoms with Crippen LogP contribution < -0.4 is 10.5 Å². The van der Waals surface area contributed by atoms with Crippen LogP contribution in [-0.4, -0.2) is 19.5 Å². The molecule has 0 saturated heterocycles. The molecule has 14 heavy (non-hydrogen) atoms. The Balaban J connectivity index is 3.02. The summed E-state index contributed by atoms with van der Waals surface area (Å²) in [6.07, 6.45) is 0. The number of nitrogens with two attached hydrogens (primary N) is 1. The molecule has 0 saturated carbocycles. The molecule has 0 spiro atoms. The predicted octanol–water partition coefficient (Wildman–Crippen LogP) is 2.18. The van der Waals surface area contributed by atoms with Gasteiger partial charge in [-0.25, -0.2) is 0 Å². The first-order chi connectivity index (χ1) is 6.69. The maximum atomic E-state index is 5.75. The largest absolute Gasteiger partial charge is 0.496 e. The van der Waals surface area contributed by atoms with Gasteiger partial charge < -0.3 is 10.5 Å². The van der Waals surface area contributed by atoms with Gasteiger partial charge in [-0.05, 0) is 41.1 Å². The van der Waals surface area contributed by atoms with Crippen molar-refractivity contribution in [2.75, 3.05) is 13.7 Å². The van der Waals surface area contributed by atoms with Crippen molar-refractivity contribution in [3.05, 3.63) is 28.2 Å². The lowest BCUT2D eigenvalue weighted by atomic mass is 10.2. The zero-order valence-electron chi connectivity index (χ0n) is 8.25. The predicted molar refractivity (Wildman–Crippen MR) is 62.0 cm³/mol. The highest BCUT2D eigenvalue weighted by molar-refractivity contribution is 9.10. The molecule has 0 aliphatic carbocycles. The zero-order chi connectivity index (χ0) is 10.6. The highest BCUT2D eigenvalue weighted by Crippen LogP contribution is 2.25. The van der Waals surface area contributed by atoms with Crippen LogP contribution in [0.1, 0.15) is 12.5 Å². The lowest BCUT2D eigenvalue weighted by Gasteiger charge is -2.05. The number of hydrogen-bond acceptors (Lipinski definition) is 2. The summed E-state index contributed by atoms with van der Waals surface area (Å²) < 4.78 is 5.99. The van der Waals surface area contributed by atoms with E-state index in [2.05, 4.69) is 20.9 Å². The Labute approximate surface area is 92.1 Å². The minimum atomic E-state index is 0.552. The summed E-state index contributed by atoms with van der Waals surface area (Å²) in [6.45, 7) is 2.64. The third-order valence-corrected chi connectivity index (χ3v) is 2.40. The summed E-state index contributed by atoms with van der Waals surface area (Å²) in [5.41, 5.74) is 6.66. The van der Waals surface area contributed by atoms with E-state index in [1.54, 1.807) is 7.11 Å². The molecule has 0 aliphatic rings. The monoisotopic (exact) mass is 256 g/mol. The van der Waals surface area contributed by atoms with Crippen molar-refractivity contribution < 1.29 is 4.74 Å². The molecule has 76 valence electrons. The SMILES string of the molecule is CCN=C(N)c1ccc(OC)c(Br)c1. The van der Waals surface area contributed by atoms with Crippen molar-refractivity contribution in [3.63, 3.8) is 0 Å². The molecule has 0 heterocycles. The Kier molecular flexibility index (Phi) is 3.95. The van der Waals surface area contributed by atoms with E-state index >= 15 is 0 Å². The molecule has 0 unspecified atom stereocenters. The van der Waals surface area contributed by atoms with E-state index < -0.39 is 0 Å². The van der Waals surface area contributed by atoms with Gasteiger partial charge in [0.15, 0.2) is 0 Å². The number of ether oxygens (including phenoxy) is 1. The Morgan fingerprint density at radius 3 is 2.79 bits per heavy atom. The standard InChI is InChI=1S/C10H13BrN2O/c1-3-13-10(12)7-4-5-9(14-2)8(11)6-7/h4-6H,3H2,1-2H3,(H2,12,13). The molecule has 3 nitrogen and oxygen atoms in total. The molecule has 0 bridgehead atoms. The van der Waals surface area contributed by atoms with Gasteiger partial charge in [0, 0.05) is 12.1 Å². The molecular weight excluding hydrogens is 244 g/mol. The normalized spacial score (nSPS) is 11.5. The van der Waals surface area contributed by atoms with Gasteiger partial charge in [-0.3, -0.25) is 4.99 Å². The summed E-state index contributed by atoms with van der Waals surface area (Å²) in [4.78, 5) is 4.12. The molecule has 0 aliphatic heterocycles. The molecule has 0 radical (unpaired) electrons. The van der Waals surface area contributed by atoms with E-state index in [9.17, 15) is 0 Å². The van der Waals surface area contributed by atoms with Crippen molar-refractivity contribution in [1.82, 2.24) is 0 Å². The quantitative estimate of drug-likeness (QED) is 0.666. The molecular formula is C10H13BrN2O. The number of methoxy groups -OCH3 is 1. The fraction of sp³-hybridized carbons (Fsp3) is 0.300. The number of aliphatic imine (C=N–C) groups is 1. The highest BCUT2D eigenvalue weighted by Gasteiger charge is 2.03. The second-order valence-corrected chi connectivity index (χ2v) is 3.56. The topological polar surface area (TPSA) is 47.6 Å². The van der Waals surface area contributed by atoms with E-state index in [0.29, 0.717) is 12.4 Å². The maximum Gasteiger partial charge on any atom is 0.133 e. The number of rotatable bonds is 3. The van der Waals surface area contributed by atoms with Crippen molar-refractivity contribution in [1.29, 1.82) is 0 Å². The first-order valence-electron chi connectivity index (χ1n) is 4.33. The first kappa shape index (κ1) is 11.0. The van der Waals surface area contributed by atoms with Crippen molar-refractivity contribution in [2.24, 2.45) is 10.7 Å². The van der Waals surface area contributed by atoms with Gasteiger partial charge in [0.25, 0.3) is 0 Å². The molecule has 1 aromatic carbocycles. The number of halogens is 1. The molecule has 4 heteroatoms. The lowest BCUT2D eigenvalue weighted by Crippen LogP contribution is -2.13. The molecule has 0 aromatic heterocycles. The van der Waals surface area contributed by atoms with Crippen molar-refractivity contribution >= 4 is 21.8 Å². The molecule has 2 N–H and O–H groups in total. The maximum absolute atomic E-state index is 5.75. The van der Waals surface area contributed by atoms with Crippen LogP contribution >= 0.6 is 15.9 Å². The Hall–Kier alpha value is -1.03. The molecule has 0 amide bonds.